The summed E-state index contributed by atoms with van der Waals surface area (Å²) < 4.78 is 35.9. The van der Waals surface area contributed by atoms with Gasteiger partial charge >= 0.3 is 0 Å². The minimum absolute atomic E-state index is 0.201. The van der Waals surface area contributed by atoms with Crippen molar-refractivity contribution in [2.45, 2.75) is 15.5 Å². The highest BCUT2D eigenvalue weighted by Crippen LogP contribution is 2.27. The summed E-state index contributed by atoms with van der Waals surface area (Å²) >= 11 is 1.65. The molecular weight excluding hydrogens is 396 g/mol. The number of aromatic nitrogens is 2. The molecule has 0 unspecified atom stereocenters. The first kappa shape index (κ1) is 18.5. The van der Waals surface area contributed by atoms with E-state index in [4.69, 9.17) is 8.94 Å². The Balaban J connectivity index is 1.54. The van der Waals surface area contributed by atoms with Crippen molar-refractivity contribution in [3.05, 3.63) is 72.5 Å². The molecule has 2 aromatic heterocycles. The minimum atomic E-state index is -3.49. The van der Waals surface area contributed by atoms with E-state index < -0.39 is 9.84 Å². The van der Waals surface area contributed by atoms with Crippen LogP contribution in [0.25, 0.3) is 23.0 Å². The molecule has 0 aliphatic rings. The van der Waals surface area contributed by atoms with Crippen LogP contribution in [0.5, 0.6) is 0 Å². The van der Waals surface area contributed by atoms with Crippen molar-refractivity contribution in [1.29, 1.82) is 0 Å². The van der Waals surface area contributed by atoms with Crippen LogP contribution in [0.1, 0.15) is 5.76 Å². The predicted molar refractivity (Wildman–Crippen MR) is 107 cm³/mol. The normalized spacial score (nSPS) is 11.6. The molecule has 4 aromatic rings. The number of rotatable bonds is 6. The molecule has 142 valence electrons. The molecule has 0 fully saturated rings. The van der Waals surface area contributed by atoms with Gasteiger partial charge in [0.2, 0.25) is 5.82 Å². The van der Waals surface area contributed by atoms with Crippen LogP contribution in [0.2, 0.25) is 0 Å². The van der Waals surface area contributed by atoms with E-state index in [1.807, 2.05) is 30.5 Å². The molecule has 0 bridgehead atoms. The van der Waals surface area contributed by atoms with Gasteiger partial charge in [0.15, 0.2) is 15.6 Å². The third-order valence-corrected chi connectivity index (χ3v) is 6.48. The van der Waals surface area contributed by atoms with Crippen LogP contribution in [0.15, 0.2) is 85.5 Å². The average molecular weight is 412 g/mol. The van der Waals surface area contributed by atoms with Gasteiger partial charge in [-0.3, -0.25) is 0 Å². The van der Waals surface area contributed by atoms with Gasteiger partial charge in [-0.05, 0) is 54.8 Å². The second-order valence-electron chi connectivity index (χ2n) is 5.99. The van der Waals surface area contributed by atoms with Crippen molar-refractivity contribution in [2.75, 3.05) is 6.26 Å². The molecule has 0 spiro atoms. The predicted octanol–water partition coefficient (Wildman–Crippen LogP) is 4.69. The molecule has 2 heterocycles. The number of benzene rings is 2. The summed E-state index contributed by atoms with van der Waals surface area (Å²) in [5.74, 6) is 1.04. The Bertz CT molecular complexity index is 1180. The smallest absolute Gasteiger partial charge is 0.293 e. The minimum Gasteiger partial charge on any atom is -0.455 e. The van der Waals surface area contributed by atoms with Crippen molar-refractivity contribution in [3.8, 4) is 23.0 Å². The lowest BCUT2D eigenvalue weighted by Crippen LogP contribution is -2.03. The first-order valence-corrected chi connectivity index (χ1v) is 11.3. The van der Waals surface area contributed by atoms with Crippen LogP contribution >= 0.6 is 11.8 Å². The Labute approximate surface area is 166 Å². The van der Waals surface area contributed by atoms with Crippen LogP contribution in [0.3, 0.4) is 0 Å². The van der Waals surface area contributed by atoms with Gasteiger partial charge in [0.1, 0.15) is 11.5 Å². The molecule has 0 amide bonds. The van der Waals surface area contributed by atoms with Crippen molar-refractivity contribution in [3.63, 3.8) is 0 Å². The highest BCUT2D eigenvalue weighted by Gasteiger charge is 2.19. The topological polar surface area (TPSA) is 86.2 Å². The summed E-state index contributed by atoms with van der Waals surface area (Å²) in [5.41, 5.74) is 0.825. The van der Waals surface area contributed by atoms with Crippen LogP contribution < -0.4 is 0 Å². The monoisotopic (exact) mass is 412 g/mol. The van der Waals surface area contributed by atoms with Gasteiger partial charge < -0.3 is 8.94 Å². The molecule has 0 N–H and O–H groups in total. The standard InChI is InChI=1S/C20H16N2O4S2/c1-27-16-10-7-14(8-11-16)19-21-20(26-22-19)18-12-9-15(25-18)13-28(23,24)17-5-3-2-4-6-17/h2-12H,13H2,1H3. The van der Waals surface area contributed by atoms with E-state index in [1.165, 1.54) is 0 Å². The van der Waals surface area contributed by atoms with Gasteiger partial charge in [-0.1, -0.05) is 23.4 Å². The molecule has 6 nitrogen and oxygen atoms in total. The molecule has 2 aromatic carbocycles. The Morgan fingerprint density at radius 2 is 1.71 bits per heavy atom. The first-order chi connectivity index (χ1) is 13.5. The van der Waals surface area contributed by atoms with E-state index in [0.29, 0.717) is 17.3 Å². The second-order valence-corrected chi connectivity index (χ2v) is 8.86. The zero-order chi connectivity index (χ0) is 19.6. The molecule has 0 aliphatic heterocycles. The highest BCUT2D eigenvalue weighted by molar-refractivity contribution is 7.98. The maximum atomic E-state index is 12.5. The van der Waals surface area contributed by atoms with Crippen LogP contribution in [0.4, 0.5) is 0 Å². The molecular formula is C20H16N2O4S2. The fourth-order valence-corrected chi connectivity index (χ4v) is 4.33. The molecule has 28 heavy (non-hydrogen) atoms. The molecule has 4 rings (SSSR count). The third kappa shape index (κ3) is 3.88. The summed E-state index contributed by atoms with van der Waals surface area (Å²) in [7, 11) is -3.49. The highest BCUT2D eigenvalue weighted by atomic mass is 32.2. The van der Waals surface area contributed by atoms with Crippen LogP contribution in [0, 0.1) is 0 Å². The average Bonchev–Trinajstić information content (AvgIpc) is 3.38. The number of nitrogens with zero attached hydrogens (tertiary/aromatic N) is 2. The summed E-state index contributed by atoms with van der Waals surface area (Å²) in [4.78, 5) is 5.74. The van der Waals surface area contributed by atoms with Crippen molar-refractivity contribution in [1.82, 2.24) is 10.1 Å². The van der Waals surface area contributed by atoms with Gasteiger partial charge in [0, 0.05) is 10.5 Å². The lowest BCUT2D eigenvalue weighted by molar-refractivity contribution is 0.413. The molecule has 0 radical (unpaired) electrons. The first-order valence-electron chi connectivity index (χ1n) is 8.40. The van der Waals surface area contributed by atoms with Gasteiger partial charge in [0.25, 0.3) is 5.89 Å². The number of hydrogen-bond donors (Lipinski definition) is 0. The third-order valence-electron chi connectivity index (χ3n) is 4.08. The molecule has 8 heteroatoms. The molecule has 0 saturated carbocycles. The number of furan rings is 1. The Kier molecular flexibility index (Phi) is 5.06. The quantitative estimate of drug-likeness (QED) is 0.425. The molecule has 0 aliphatic carbocycles. The summed E-state index contributed by atoms with van der Waals surface area (Å²) in [6.07, 6.45) is 2.01. The van der Waals surface area contributed by atoms with Gasteiger partial charge in [-0.2, -0.15) is 4.98 Å². The van der Waals surface area contributed by atoms with E-state index in [2.05, 4.69) is 10.1 Å². The van der Waals surface area contributed by atoms with Crippen molar-refractivity contribution >= 4 is 21.6 Å². The van der Waals surface area contributed by atoms with E-state index in [0.717, 1.165) is 10.5 Å². The largest absolute Gasteiger partial charge is 0.455 e. The Hall–Kier alpha value is -2.84. The fraction of sp³-hybridized carbons (Fsp3) is 0.100. The Morgan fingerprint density at radius 1 is 0.964 bits per heavy atom. The van der Waals surface area contributed by atoms with Gasteiger partial charge in [-0.25, -0.2) is 8.42 Å². The van der Waals surface area contributed by atoms with Gasteiger partial charge in [-0.15, -0.1) is 11.8 Å². The number of hydrogen-bond acceptors (Lipinski definition) is 7. The zero-order valence-corrected chi connectivity index (χ0v) is 16.5. The summed E-state index contributed by atoms with van der Waals surface area (Å²) in [6.45, 7) is 0. The lowest BCUT2D eigenvalue weighted by atomic mass is 10.2. The second kappa shape index (κ2) is 7.65. The SMILES string of the molecule is CSc1ccc(-c2noc(-c3ccc(CS(=O)(=O)c4ccccc4)o3)n2)cc1. The zero-order valence-electron chi connectivity index (χ0n) is 14.9. The van der Waals surface area contributed by atoms with E-state index in [-0.39, 0.29) is 16.5 Å². The van der Waals surface area contributed by atoms with E-state index in [9.17, 15) is 8.42 Å². The van der Waals surface area contributed by atoms with Gasteiger partial charge in [0.05, 0.1) is 4.90 Å². The van der Waals surface area contributed by atoms with Crippen LogP contribution in [-0.4, -0.2) is 24.8 Å². The molecule has 0 saturated heterocycles. The summed E-state index contributed by atoms with van der Waals surface area (Å²) in [5, 5.41) is 3.98. The van der Waals surface area contributed by atoms with Crippen LogP contribution in [-0.2, 0) is 15.6 Å². The van der Waals surface area contributed by atoms with Crippen molar-refractivity contribution < 1.29 is 17.4 Å². The molecule has 0 atom stereocenters. The fourth-order valence-electron chi connectivity index (χ4n) is 2.65. The number of sulfone groups is 1. The van der Waals surface area contributed by atoms with E-state index >= 15 is 0 Å². The van der Waals surface area contributed by atoms with Crippen molar-refractivity contribution in [2.24, 2.45) is 0 Å². The maximum absolute atomic E-state index is 12.5. The van der Waals surface area contributed by atoms with E-state index in [1.54, 1.807) is 54.2 Å². The maximum Gasteiger partial charge on any atom is 0.293 e. The summed E-state index contributed by atoms with van der Waals surface area (Å²) in [6, 6.07) is 19.3. The Morgan fingerprint density at radius 3 is 2.43 bits per heavy atom. The lowest BCUT2D eigenvalue weighted by Gasteiger charge is -2.01. The number of thioether (sulfide) groups is 1.